The van der Waals surface area contributed by atoms with Crippen LogP contribution in [0.5, 0.6) is 0 Å². The van der Waals surface area contributed by atoms with Gasteiger partial charge in [0.25, 0.3) is 5.91 Å². The number of carbonyl (C=O) groups excluding carboxylic acids is 1. The molecule has 1 aliphatic rings. The average Bonchev–Trinajstić information content (AvgIpc) is 3.12. The van der Waals surface area contributed by atoms with E-state index in [1.54, 1.807) is 29.3 Å². The van der Waals surface area contributed by atoms with E-state index in [2.05, 4.69) is 10.00 Å². The molecule has 25 heavy (non-hydrogen) atoms. The van der Waals surface area contributed by atoms with Gasteiger partial charge in [0.15, 0.2) is 5.69 Å². The van der Waals surface area contributed by atoms with Crippen molar-refractivity contribution >= 4 is 5.91 Å². The summed E-state index contributed by atoms with van der Waals surface area (Å²) in [6.07, 6.45) is 2.08. The van der Waals surface area contributed by atoms with E-state index in [1.807, 2.05) is 6.92 Å². The number of aliphatic hydroxyl groups is 1. The summed E-state index contributed by atoms with van der Waals surface area (Å²) in [4.78, 5) is 16.5. The molecule has 1 aromatic heterocycles. The van der Waals surface area contributed by atoms with Crippen LogP contribution < -0.4 is 0 Å². The fourth-order valence-electron chi connectivity index (χ4n) is 2.92. The van der Waals surface area contributed by atoms with Gasteiger partial charge in [0, 0.05) is 38.9 Å². The van der Waals surface area contributed by atoms with Crippen molar-refractivity contribution in [2.45, 2.75) is 19.4 Å². The minimum Gasteiger partial charge on any atom is -0.392 e. The fourth-order valence-corrected chi connectivity index (χ4v) is 2.92. The first kappa shape index (κ1) is 17.6. The lowest BCUT2D eigenvalue weighted by Gasteiger charge is -2.35. The zero-order valence-electron chi connectivity index (χ0n) is 14.3. The number of halogens is 1. The molecule has 6 nitrogen and oxygen atoms in total. The highest BCUT2D eigenvalue weighted by Gasteiger charge is 2.24. The number of amides is 1. The largest absolute Gasteiger partial charge is 0.392 e. The SMILES string of the molecule is CC[C@H](O)CN1CCN(C(=O)c2ccn(-c3cccc(F)c3)n2)CC1. The van der Waals surface area contributed by atoms with E-state index in [-0.39, 0.29) is 17.8 Å². The Balaban J connectivity index is 1.61. The fraction of sp³-hybridized carbons (Fsp3) is 0.444. The summed E-state index contributed by atoms with van der Waals surface area (Å²) in [5, 5.41) is 14.0. The van der Waals surface area contributed by atoms with Crippen LogP contribution in [0, 0.1) is 5.82 Å². The maximum Gasteiger partial charge on any atom is 0.274 e. The lowest BCUT2D eigenvalue weighted by molar-refractivity contribution is 0.0519. The molecule has 0 bridgehead atoms. The van der Waals surface area contributed by atoms with Crippen molar-refractivity contribution in [3.8, 4) is 5.69 Å². The molecule has 2 aromatic rings. The summed E-state index contributed by atoms with van der Waals surface area (Å²) in [7, 11) is 0. The Labute approximate surface area is 146 Å². The molecule has 2 heterocycles. The second-order valence-electron chi connectivity index (χ2n) is 6.28. The van der Waals surface area contributed by atoms with Crippen molar-refractivity contribution in [2.24, 2.45) is 0 Å². The first-order valence-electron chi connectivity index (χ1n) is 8.58. The van der Waals surface area contributed by atoms with Gasteiger partial charge in [-0.1, -0.05) is 13.0 Å². The monoisotopic (exact) mass is 346 g/mol. The predicted molar refractivity (Wildman–Crippen MR) is 92.2 cm³/mol. The molecule has 0 radical (unpaired) electrons. The number of benzene rings is 1. The highest BCUT2D eigenvalue weighted by atomic mass is 19.1. The molecule has 7 heteroatoms. The average molecular weight is 346 g/mol. The molecule has 1 saturated heterocycles. The third-order valence-corrected chi connectivity index (χ3v) is 4.48. The number of aliphatic hydroxyl groups excluding tert-OH is 1. The highest BCUT2D eigenvalue weighted by molar-refractivity contribution is 5.92. The van der Waals surface area contributed by atoms with E-state index in [9.17, 15) is 14.3 Å². The van der Waals surface area contributed by atoms with Crippen LogP contribution in [-0.4, -0.2) is 69.4 Å². The molecule has 1 aromatic carbocycles. The van der Waals surface area contributed by atoms with Crippen LogP contribution >= 0.6 is 0 Å². The molecule has 1 amide bonds. The van der Waals surface area contributed by atoms with Gasteiger partial charge in [0.2, 0.25) is 0 Å². The van der Waals surface area contributed by atoms with Crippen molar-refractivity contribution in [1.82, 2.24) is 19.6 Å². The van der Waals surface area contributed by atoms with E-state index in [0.29, 0.717) is 31.0 Å². The Kier molecular flexibility index (Phi) is 5.45. The summed E-state index contributed by atoms with van der Waals surface area (Å²) in [6.45, 7) is 5.32. The number of nitrogens with zero attached hydrogens (tertiary/aromatic N) is 4. The predicted octanol–water partition coefficient (Wildman–Crippen LogP) is 1.54. The molecule has 0 saturated carbocycles. The molecule has 0 spiro atoms. The number of rotatable bonds is 5. The lowest BCUT2D eigenvalue weighted by atomic mass is 10.2. The van der Waals surface area contributed by atoms with Gasteiger partial charge < -0.3 is 10.0 Å². The molecule has 0 unspecified atom stereocenters. The van der Waals surface area contributed by atoms with Crippen molar-refractivity contribution in [1.29, 1.82) is 0 Å². The van der Waals surface area contributed by atoms with E-state index in [0.717, 1.165) is 19.5 Å². The van der Waals surface area contributed by atoms with E-state index >= 15 is 0 Å². The standard InChI is InChI=1S/C18H23FN4O2/c1-2-16(24)13-21-8-10-22(11-9-21)18(25)17-6-7-23(20-17)15-5-3-4-14(19)12-15/h3-7,12,16,24H,2,8-11,13H2,1H3/t16-/m0/s1. The van der Waals surface area contributed by atoms with Crippen LogP contribution in [0.2, 0.25) is 0 Å². The molecular weight excluding hydrogens is 323 g/mol. The van der Waals surface area contributed by atoms with Crippen LogP contribution in [0.25, 0.3) is 5.69 Å². The number of hydrogen-bond acceptors (Lipinski definition) is 4. The highest BCUT2D eigenvalue weighted by Crippen LogP contribution is 2.12. The van der Waals surface area contributed by atoms with Crippen molar-refractivity contribution in [2.75, 3.05) is 32.7 Å². The first-order valence-corrected chi connectivity index (χ1v) is 8.58. The zero-order valence-corrected chi connectivity index (χ0v) is 14.3. The normalized spacial score (nSPS) is 16.8. The first-order chi connectivity index (χ1) is 12.1. The summed E-state index contributed by atoms with van der Waals surface area (Å²) in [5.41, 5.74) is 0.934. The van der Waals surface area contributed by atoms with Gasteiger partial charge in [-0.25, -0.2) is 9.07 Å². The smallest absolute Gasteiger partial charge is 0.274 e. The number of hydrogen-bond donors (Lipinski definition) is 1. The maximum absolute atomic E-state index is 13.3. The summed E-state index contributed by atoms with van der Waals surface area (Å²) >= 11 is 0. The number of aromatic nitrogens is 2. The quantitative estimate of drug-likeness (QED) is 0.892. The Hall–Kier alpha value is -2.25. The molecule has 0 aliphatic carbocycles. The second-order valence-corrected chi connectivity index (χ2v) is 6.28. The Morgan fingerprint density at radius 3 is 2.72 bits per heavy atom. The van der Waals surface area contributed by atoms with Gasteiger partial charge >= 0.3 is 0 Å². The zero-order chi connectivity index (χ0) is 17.8. The van der Waals surface area contributed by atoms with E-state index in [1.165, 1.54) is 16.8 Å². The van der Waals surface area contributed by atoms with Crippen LogP contribution in [0.1, 0.15) is 23.8 Å². The number of piperazine rings is 1. The Bertz CT molecular complexity index is 725. The third-order valence-electron chi connectivity index (χ3n) is 4.48. The minimum absolute atomic E-state index is 0.120. The Morgan fingerprint density at radius 2 is 2.04 bits per heavy atom. The van der Waals surface area contributed by atoms with Gasteiger partial charge in [-0.15, -0.1) is 0 Å². The van der Waals surface area contributed by atoms with Gasteiger partial charge in [0.1, 0.15) is 5.82 Å². The van der Waals surface area contributed by atoms with Gasteiger partial charge in [-0.05, 0) is 30.7 Å². The molecule has 3 rings (SSSR count). The van der Waals surface area contributed by atoms with Gasteiger partial charge in [0.05, 0.1) is 11.8 Å². The topological polar surface area (TPSA) is 61.6 Å². The molecule has 1 aliphatic heterocycles. The van der Waals surface area contributed by atoms with Crippen LogP contribution in [-0.2, 0) is 0 Å². The molecule has 1 N–H and O–H groups in total. The van der Waals surface area contributed by atoms with Crippen LogP contribution in [0.3, 0.4) is 0 Å². The van der Waals surface area contributed by atoms with Crippen LogP contribution in [0.4, 0.5) is 4.39 Å². The van der Waals surface area contributed by atoms with Crippen molar-refractivity contribution < 1.29 is 14.3 Å². The van der Waals surface area contributed by atoms with Gasteiger partial charge in [-0.2, -0.15) is 5.10 Å². The lowest BCUT2D eigenvalue weighted by Crippen LogP contribution is -2.50. The molecule has 1 fully saturated rings. The molecule has 1 atom stereocenters. The minimum atomic E-state index is -0.341. The van der Waals surface area contributed by atoms with E-state index < -0.39 is 0 Å². The number of carbonyl (C=O) groups is 1. The van der Waals surface area contributed by atoms with Gasteiger partial charge in [-0.3, -0.25) is 9.69 Å². The molecular formula is C18H23FN4O2. The summed E-state index contributed by atoms with van der Waals surface area (Å²) < 4.78 is 14.8. The number of β-amino-alcohol motifs (C(OH)–C–C–N with tert-alkyl or cyclic N) is 1. The van der Waals surface area contributed by atoms with Crippen molar-refractivity contribution in [3.05, 3.63) is 48.0 Å². The third kappa shape index (κ3) is 4.24. The van der Waals surface area contributed by atoms with Crippen molar-refractivity contribution in [3.63, 3.8) is 0 Å². The van der Waals surface area contributed by atoms with E-state index in [4.69, 9.17) is 0 Å². The van der Waals surface area contributed by atoms with Crippen LogP contribution in [0.15, 0.2) is 36.5 Å². The summed E-state index contributed by atoms with van der Waals surface area (Å²) in [5.74, 6) is -0.461. The summed E-state index contributed by atoms with van der Waals surface area (Å²) in [6, 6.07) is 7.74. The second kappa shape index (κ2) is 7.76. The molecule has 134 valence electrons. The Morgan fingerprint density at radius 1 is 1.28 bits per heavy atom. The maximum atomic E-state index is 13.3.